The lowest BCUT2D eigenvalue weighted by Crippen LogP contribution is -2.14. The highest BCUT2D eigenvalue weighted by Gasteiger charge is 2.11. The van der Waals surface area contributed by atoms with Gasteiger partial charge in [-0.2, -0.15) is 0 Å². The van der Waals surface area contributed by atoms with Crippen molar-refractivity contribution in [3.8, 4) is 5.75 Å². The fourth-order valence-electron chi connectivity index (χ4n) is 1.25. The average Bonchev–Trinajstić information content (AvgIpc) is 2.20. The first kappa shape index (κ1) is 10.9. The number of halogens is 1. The van der Waals surface area contributed by atoms with Crippen LogP contribution in [-0.4, -0.2) is 20.8 Å². The Hall–Kier alpha value is -1.13. The molecular formula is C10H14FNO2. The molecule has 0 fully saturated rings. The number of ether oxygens (including phenoxy) is 2. The van der Waals surface area contributed by atoms with E-state index < -0.39 is 5.82 Å². The zero-order valence-corrected chi connectivity index (χ0v) is 8.29. The molecule has 0 aliphatic heterocycles. The van der Waals surface area contributed by atoms with E-state index in [9.17, 15) is 4.39 Å². The lowest BCUT2D eigenvalue weighted by atomic mass is 10.1. The summed E-state index contributed by atoms with van der Waals surface area (Å²) < 4.78 is 23.1. The van der Waals surface area contributed by atoms with Crippen molar-refractivity contribution in [3.05, 3.63) is 29.6 Å². The summed E-state index contributed by atoms with van der Waals surface area (Å²) in [6, 6.07) is 4.68. The maximum absolute atomic E-state index is 13.3. The van der Waals surface area contributed by atoms with E-state index in [4.69, 9.17) is 15.2 Å². The SMILES string of the molecule is COc1ccc([C@H](CN)OC)cc1F. The second-order valence-electron chi connectivity index (χ2n) is 2.85. The molecule has 1 aromatic rings. The molecule has 0 saturated heterocycles. The Kier molecular flexibility index (Phi) is 3.85. The minimum Gasteiger partial charge on any atom is -0.494 e. The van der Waals surface area contributed by atoms with Crippen molar-refractivity contribution < 1.29 is 13.9 Å². The number of hydrogen-bond donors (Lipinski definition) is 1. The van der Waals surface area contributed by atoms with Crippen LogP contribution in [0.15, 0.2) is 18.2 Å². The van der Waals surface area contributed by atoms with Crippen LogP contribution < -0.4 is 10.5 Å². The van der Waals surface area contributed by atoms with Gasteiger partial charge in [0.25, 0.3) is 0 Å². The monoisotopic (exact) mass is 199 g/mol. The number of rotatable bonds is 4. The predicted molar refractivity (Wildman–Crippen MR) is 51.8 cm³/mol. The first-order valence-electron chi connectivity index (χ1n) is 4.29. The summed E-state index contributed by atoms with van der Waals surface area (Å²) in [4.78, 5) is 0. The fraction of sp³-hybridized carbons (Fsp3) is 0.400. The molecule has 1 atom stereocenters. The highest BCUT2D eigenvalue weighted by atomic mass is 19.1. The number of hydrogen-bond acceptors (Lipinski definition) is 3. The second-order valence-corrected chi connectivity index (χ2v) is 2.85. The van der Waals surface area contributed by atoms with Crippen molar-refractivity contribution >= 4 is 0 Å². The van der Waals surface area contributed by atoms with Crippen LogP contribution in [0, 0.1) is 5.82 Å². The Bertz CT molecular complexity index is 300. The molecule has 2 N–H and O–H groups in total. The Morgan fingerprint density at radius 2 is 2.14 bits per heavy atom. The molecule has 0 saturated carbocycles. The van der Waals surface area contributed by atoms with Crippen molar-refractivity contribution in [2.45, 2.75) is 6.10 Å². The Morgan fingerprint density at radius 1 is 1.43 bits per heavy atom. The van der Waals surface area contributed by atoms with E-state index in [-0.39, 0.29) is 11.9 Å². The van der Waals surface area contributed by atoms with Crippen LogP contribution in [0.25, 0.3) is 0 Å². The van der Waals surface area contributed by atoms with Gasteiger partial charge in [-0.15, -0.1) is 0 Å². The summed E-state index contributed by atoms with van der Waals surface area (Å²) in [6.07, 6.45) is -0.268. The smallest absolute Gasteiger partial charge is 0.165 e. The van der Waals surface area contributed by atoms with Crippen molar-refractivity contribution in [2.75, 3.05) is 20.8 Å². The topological polar surface area (TPSA) is 44.5 Å². The maximum Gasteiger partial charge on any atom is 0.165 e. The van der Waals surface area contributed by atoms with E-state index in [0.717, 1.165) is 0 Å². The molecule has 1 aromatic carbocycles. The first-order valence-corrected chi connectivity index (χ1v) is 4.29. The molecule has 0 bridgehead atoms. The van der Waals surface area contributed by atoms with Crippen LogP contribution in [0.5, 0.6) is 5.75 Å². The largest absolute Gasteiger partial charge is 0.494 e. The van der Waals surface area contributed by atoms with Crippen LogP contribution in [0.2, 0.25) is 0 Å². The molecule has 0 spiro atoms. The molecule has 0 radical (unpaired) electrons. The molecule has 14 heavy (non-hydrogen) atoms. The molecule has 1 rings (SSSR count). The van der Waals surface area contributed by atoms with Gasteiger partial charge in [-0.3, -0.25) is 0 Å². The average molecular weight is 199 g/mol. The molecule has 78 valence electrons. The standard InChI is InChI=1S/C10H14FNO2/c1-13-9-4-3-7(5-8(9)11)10(6-12)14-2/h3-5,10H,6,12H2,1-2H3/t10-/m0/s1. The highest BCUT2D eigenvalue weighted by molar-refractivity contribution is 5.30. The van der Waals surface area contributed by atoms with Gasteiger partial charge >= 0.3 is 0 Å². The van der Waals surface area contributed by atoms with Gasteiger partial charge in [-0.25, -0.2) is 4.39 Å². The van der Waals surface area contributed by atoms with Crippen LogP contribution in [0.3, 0.4) is 0 Å². The third-order valence-electron chi connectivity index (χ3n) is 2.05. The molecule has 0 aromatic heterocycles. The van der Waals surface area contributed by atoms with Gasteiger partial charge in [-0.05, 0) is 17.7 Å². The second kappa shape index (κ2) is 4.93. The minimum atomic E-state index is -0.402. The van der Waals surface area contributed by atoms with E-state index in [1.54, 1.807) is 19.2 Å². The predicted octanol–water partition coefficient (Wildman–Crippen LogP) is 1.48. The summed E-state index contributed by atoms with van der Waals surface area (Å²) in [7, 11) is 2.97. The summed E-state index contributed by atoms with van der Waals surface area (Å²) >= 11 is 0. The maximum atomic E-state index is 13.3. The van der Waals surface area contributed by atoms with Gasteiger partial charge in [-0.1, -0.05) is 6.07 Å². The summed E-state index contributed by atoms with van der Waals surface area (Å²) in [5.74, 6) is -0.180. The van der Waals surface area contributed by atoms with E-state index >= 15 is 0 Å². The fourth-order valence-corrected chi connectivity index (χ4v) is 1.25. The minimum absolute atomic E-state index is 0.223. The van der Waals surface area contributed by atoms with Gasteiger partial charge in [0.05, 0.1) is 13.2 Å². The number of nitrogens with two attached hydrogens (primary N) is 1. The van der Waals surface area contributed by atoms with Crippen LogP contribution >= 0.6 is 0 Å². The molecule has 0 unspecified atom stereocenters. The molecule has 0 heterocycles. The van der Waals surface area contributed by atoms with Crippen LogP contribution in [0.4, 0.5) is 4.39 Å². The van der Waals surface area contributed by atoms with E-state index in [1.165, 1.54) is 13.2 Å². The highest BCUT2D eigenvalue weighted by Crippen LogP contribution is 2.22. The van der Waals surface area contributed by atoms with Crippen LogP contribution in [0.1, 0.15) is 11.7 Å². The molecular weight excluding hydrogens is 185 g/mol. The van der Waals surface area contributed by atoms with Crippen molar-refractivity contribution in [1.82, 2.24) is 0 Å². The molecule has 4 heteroatoms. The zero-order chi connectivity index (χ0) is 10.6. The van der Waals surface area contributed by atoms with Gasteiger partial charge in [0.2, 0.25) is 0 Å². The third kappa shape index (κ3) is 2.21. The zero-order valence-electron chi connectivity index (χ0n) is 8.29. The lowest BCUT2D eigenvalue weighted by Gasteiger charge is -2.13. The summed E-state index contributed by atoms with van der Waals surface area (Å²) in [5.41, 5.74) is 6.17. The van der Waals surface area contributed by atoms with Gasteiger partial charge < -0.3 is 15.2 Å². The van der Waals surface area contributed by atoms with E-state index in [2.05, 4.69) is 0 Å². The van der Waals surface area contributed by atoms with Gasteiger partial charge in [0.15, 0.2) is 11.6 Å². The molecule has 3 nitrogen and oxygen atoms in total. The first-order chi connectivity index (χ1) is 6.72. The third-order valence-corrected chi connectivity index (χ3v) is 2.05. The lowest BCUT2D eigenvalue weighted by molar-refractivity contribution is 0.110. The van der Waals surface area contributed by atoms with Gasteiger partial charge in [0.1, 0.15) is 0 Å². The molecule has 0 aliphatic rings. The van der Waals surface area contributed by atoms with Crippen molar-refractivity contribution in [2.24, 2.45) is 5.73 Å². The molecule has 0 aliphatic carbocycles. The number of benzene rings is 1. The normalized spacial score (nSPS) is 12.6. The van der Waals surface area contributed by atoms with E-state index in [0.29, 0.717) is 12.1 Å². The van der Waals surface area contributed by atoms with Crippen molar-refractivity contribution in [1.29, 1.82) is 0 Å². The Balaban J connectivity index is 2.95. The Morgan fingerprint density at radius 3 is 2.57 bits per heavy atom. The van der Waals surface area contributed by atoms with Crippen molar-refractivity contribution in [3.63, 3.8) is 0 Å². The molecule has 0 amide bonds. The summed E-state index contributed by atoms with van der Waals surface area (Å²) in [6.45, 7) is 0.322. The van der Waals surface area contributed by atoms with Crippen LogP contribution in [-0.2, 0) is 4.74 Å². The summed E-state index contributed by atoms with van der Waals surface area (Å²) in [5, 5.41) is 0. The quantitative estimate of drug-likeness (QED) is 0.798. The van der Waals surface area contributed by atoms with Gasteiger partial charge in [0, 0.05) is 13.7 Å². The van der Waals surface area contributed by atoms with E-state index in [1.807, 2.05) is 0 Å². The Labute approximate surface area is 82.6 Å². The number of methoxy groups -OCH3 is 2.